The molecule has 38 heavy (non-hydrogen) atoms. The van der Waals surface area contributed by atoms with Crippen LogP contribution in [0.1, 0.15) is 0 Å². The van der Waals surface area contributed by atoms with Crippen LogP contribution in [0.15, 0.2) is 69.4 Å². The van der Waals surface area contributed by atoms with Crippen LogP contribution < -0.4 is 0 Å². The van der Waals surface area contributed by atoms with E-state index in [2.05, 4.69) is 17.5 Å². The average molecular weight is 583 g/mol. The smallest absolute Gasteiger partial charge is 0.159 e. The van der Waals surface area contributed by atoms with Crippen LogP contribution in [0.2, 0.25) is 0 Å². The fraction of sp³-hybridized carbons (Fsp3) is 0. The number of rotatable bonds is 4. The maximum Gasteiger partial charge on any atom is 0.159 e. The van der Waals surface area contributed by atoms with Crippen molar-refractivity contribution in [3.05, 3.63) is 83.9 Å². The third kappa shape index (κ3) is 3.75. The lowest BCUT2D eigenvalue weighted by Gasteiger charge is -2.09. The second kappa shape index (κ2) is 9.02. The molecule has 3 aromatic carbocycles. The van der Waals surface area contributed by atoms with Crippen molar-refractivity contribution in [1.82, 2.24) is 8.75 Å². The fourth-order valence-electron chi connectivity index (χ4n) is 4.28. The molecule has 3 aromatic heterocycles. The SMILES string of the molecule is Fc1ccc(-c2ccc(-c3c4c(c(-c5ccc(-c6ccc(F)c(F)c6)s5)c5nsnc35)N=S=N4)s2)cc1F. The zero-order valence-electron chi connectivity index (χ0n) is 18.7. The number of halogens is 4. The van der Waals surface area contributed by atoms with Crippen LogP contribution in [-0.4, -0.2) is 8.75 Å². The van der Waals surface area contributed by atoms with E-state index in [4.69, 9.17) is 0 Å². The van der Waals surface area contributed by atoms with Gasteiger partial charge in [-0.1, -0.05) is 12.1 Å². The minimum Gasteiger partial charge on any atom is -0.204 e. The van der Waals surface area contributed by atoms with Crippen LogP contribution in [0, 0.1) is 23.3 Å². The van der Waals surface area contributed by atoms with Crippen LogP contribution in [0.5, 0.6) is 0 Å². The summed E-state index contributed by atoms with van der Waals surface area (Å²) in [6, 6.07) is 15.2. The molecule has 0 saturated carbocycles. The number of hydrogen-bond donors (Lipinski definition) is 0. The Morgan fingerprint density at radius 2 is 0.947 bits per heavy atom. The third-order valence-corrected chi connectivity index (χ3v) is 9.40. The molecule has 1 aliphatic heterocycles. The van der Waals surface area contributed by atoms with E-state index in [0.29, 0.717) is 33.5 Å². The van der Waals surface area contributed by atoms with Gasteiger partial charge in [0.15, 0.2) is 23.3 Å². The van der Waals surface area contributed by atoms with Gasteiger partial charge in [0, 0.05) is 30.6 Å². The Morgan fingerprint density at radius 1 is 0.500 bits per heavy atom. The first-order chi connectivity index (χ1) is 18.5. The quantitative estimate of drug-likeness (QED) is 0.194. The molecule has 0 unspecified atom stereocenters. The lowest BCUT2D eigenvalue weighted by molar-refractivity contribution is 0.509. The summed E-state index contributed by atoms with van der Waals surface area (Å²) in [5.41, 5.74) is 5.33. The van der Waals surface area contributed by atoms with Crippen molar-refractivity contribution in [3.8, 4) is 41.8 Å². The van der Waals surface area contributed by atoms with Crippen molar-refractivity contribution in [2.75, 3.05) is 0 Å². The molecule has 6 aromatic rings. The summed E-state index contributed by atoms with van der Waals surface area (Å²) >= 11 is 4.98. The van der Waals surface area contributed by atoms with Crippen molar-refractivity contribution in [3.63, 3.8) is 0 Å². The highest BCUT2D eigenvalue weighted by Crippen LogP contribution is 2.54. The van der Waals surface area contributed by atoms with Crippen molar-refractivity contribution in [2.24, 2.45) is 8.73 Å². The molecule has 0 fully saturated rings. The maximum atomic E-state index is 13.8. The second-order valence-corrected chi connectivity index (χ2v) is 11.5. The van der Waals surface area contributed by atoms with E-state index in [1.165, 1.54) is 34.8 Å². The Kier molecular flexibility index (Phi) is 5.58. The van der Waals surface area contributed by atoms with Crippen LogP contribution in [0.4, 0.5) is 28.9 Å². The molecule has 0 amide bonds. The fourth-order valence-corrected chi connectivity index (χ4v) is 7.50. The highest BCUT2D eigenvalue weighted by molar-refractivity contribution is 7.58. The van der Waals surface area contributed by atoms with E-state index in [0.717, 1.165) is 65.9 Å². The molecule has 12 heteroatoms. The van der Waals surface area contributed by atoms with Crippen molar-refractivity contribution in [1.29, 1.82) is 0 Å². The topological polar surface area (TPSA) is 50.5 Å². The van der Waals surface area contributed by atoms with Gasteiger partial charge in [0.05, 0.1) is 23.1 Å². The molecule has 7 rings (SSSR count). The standard InChI is InChI=1S/C26H10F4N4S4/c27-13-3-1-11(9-15(13)29)17-5-7-19(35-17)21-23-25(33-37-31-23)22(26-24(21)32-38-34-26)20-8-6-18(36-20)12-2-4-14(28)16(30)10-12/h1-10H. The maximum absolute atomic E-state index is 13.8. The van der Waals surface area contributed by atoms with Gasteiger partial charge in [0.1, 0.15) is 22.4 Å². The van der Waals surface area contributed by atoms with E-state index in [1.54, 1.807) is 12.1 Å². The molecule has 0 spiro atoms. The first kappa shape index (κ1) is 23.5. The van der Waals surface area contributed by atoms with Crippen molar-refractivity contribution < 1.29 is 17.6 Å². The van der Waals surface area contributed by atoms with Crippen LogP contribution in [0.25, 0.3) is 52.8 Å². The zero-order valence-corrected chi connectivity index (χ0v) is 22.0. The highest BCUT2D eigenvalue weighted by atomic mass is 32.1. The number of nitrogens with zero attached hydrogens (tertiary/aromatic N) is 4. The van der Waals surface area contributed by atoms with Gasteiger partial charge in [-0.05, 0) is 59.7 Å². The Hall–Kier alpha value is -3.58. The minimum absolute atomic E-state index is 0.570. The number of aromatic nitrogens is 2. The summed E-state index contributed by atoms with van der Waals surface area (Å²) in [6.07, 6.45) is 0. The molecule has 0 atom stereocenters. The summed E-state index contributed by atoms with van der Waals surface area (Å²) in [7, 11) is 0. The Bertz CT molecular complexity index is 1850. The Labute approximate surface area is 228 Å². The van der Waals surface area contributed by atoms with E-state index >= 15 is 0 Å². The first-order valence-electron chi connectivity index (χ1n) is 11.0. The predicted octanol–water partition coefficient (Wildman–Crippen LogP) is 9.77. The monoisotopic (exact) mass is 582 g/mol. The number of thiophene rings is 2. The van der Waals surface area contributed by atoms with Gasteiger partial charge < -0.3 is 0 Å². The molecule has 4 heterocycles. The molecule has 0 saturated heterocycles. The largest absolute Gasteiger partial charge is 0.204 e. The van der Waals surface area contributed by atoms with Crippen LogP contribution >= 0.6 is 34.4 Å². The molecule has 4 nitrogen and oxygen atoms in total. The molecule has 1 aliphatic rings. The van der Waals surface area contributed by atoms with Gasteiger partial charge in [-0.15, -0.1) is 22.7 Å². The number of hydrogen-bond acceptors (Lipinski definition) is 7. The summed E-state index contributed by atoms with van der Waals surface area (Å²) < 4.78 is 72.9. The minimum atomic E-state index is -0.905. The molecule has 186 valence electrons. The normalized spacial score (nSPS) is 12.3. The molecule has 0 bridgehead atoms. The van der Waals surface area contributed by atoms with Gasteiger partial charge in [-0.25, -0.2) is 17.6 Å². The van der Waals surface area contributed by atoms with Gasteiger partial charge in [-0.2, -0.15) is 17.5 Å². The van der Waals surface area contributed by atoms with E-state index in [1.807, 2.05) is 24.3 Å². The Morgan fingerprint density at radius 3 is 1.39 bits per heavy atom. The van der Waals surface area contributed by atoms with Gasteiger partial charge in [-0.3, -0.25) is 0 Å². The summed E-state index contributed by atoms with van der Waals surface area (Å²) in [6.45, 7) is 0. The molecular formula is C26H10F4N4S4. The second-order valence-electron chi connectivity index (χ2n) is 8.26. The molecule has 0 N–H and O–H groups in total. The highest BCUT2D eigenvalue weighted by Gasteiger charge is 2.28. The number of benzene rings is 3. The molecule has 0 radical (unpaired) electrons. The van der Waals surface area contributed by atoms with E-state index in [9.17, 15) is 17.6 Å². The molecular weight excluding hydrogens is 573 g/mol. The predicted molar refractivity (Wildman–Crippen MR) is 146 cm³/mol. The first-order valence-corrected chi connectivity index (χ1v) is 14.1. The average Bonchev–Trinajstić information content (AvgIpc) is 3.72. The summed E-state index contributed by atoms with van der Waals surface area (Å²) in [4.78, 5) is 3.23. The van der Waals surface area contributed by atoms with Gasteiger partial charge in [0.25, 0.3) is 0 Å². The van der Waals surface area contributed by atoms with Crippen LogP contribution in [-0.2, 0) is 11.4 Å². The lowest BCUT2D eigenvalue weighted by Crippen LogP contribution is -1.85. The number of fused-ring (bicyclic) bond motifs is 2. The van der Waals surface area contributed by atoms with Gasteiger partial charge >= 0.3 is 0 Å². The zero-order chi connectivity index (χ0) is 26.0. The van der Waals surface area contributed by atoms with Crippen LogP contribution in [0.3, 0.4) is 0 Å². The molecule has 0 aliphatic carbocycles. The summed E-state index contributed by atoms with van der Waals surface area (Å²) in [5.74, 6) is -3.60. The third-order valence-electron chi connectivity index (χ3n) is 6.04. The Balaban J connectivity index is 1.37. The van der Waals surface area contributed by atoms with E-state index in [-0.39, 0.29) is 0 Å². The van der Waals surface area contributed by atoms with E-state index < -0.39 is 23.3 Å². The van der Waals surface area contributed by atoms with Gasteiger partial charge in [0.2, 0.25) is 0 Å². The van der Waals surface area contributed by atoms with Crippen molar-refractivity contribution in [2.45, 2.75) is 0 Å². The van der Waals surface area contributed by atoms with Crippen molar-refractivity contribution >= 4 is 68.2 Å². The lowest BCUT2D eigenvalue weighted by atomic mass is 10.0. The summed E-state index contributed by atoms with van der Waals surface area (Å²) in [5, 5.41) is 0.